The maximum atomic E-state index is 12.3. The van der Waals surface area contributed by atoms with E-state index in [2.05, 4.69) is 12.1 Å². The predicted molar refractivity (Wildman–Crippen MR) is 72.4 cm³/mol. The van der Waals surface area contributed by atoms with E-state index < -0.39 is 17.4 Å². The lowest BCUT2D eigenvalue weighted by molar-refractivity contribution is -0.171. The maximum absolute atomic E-state index is 12.3. The average molecular weight is 274 g/mol. The van der Waals surface area contributed by atoms with E-state index in [9.17, 15) is 9.59 Å². The van der Waals surface area contributed by atoms with Crippen LogP contribution in [0.15, 0.2) is 12.1 Å². The molecule has 2 aliphatic carbocycles. The maximum Gasteiger partial charge on any atom is 0.324 e. The van der Waals surface area contributed by atoms with E-state index in [1.54, 1.807) is 13.8 Å². The second-order valence-corrected chi connectivity index (χ2v) is 5.44. The number of carbonyl (C=O) groups is 2. The average Bonchev–Trinajstić information content (AvgIpc) is 3.05. The van der Waals surface area contributed by atoms with Crippen LogP contribution in [0, 0.1) is 5.41 Å². The molecule has 3 rings (SSSR count). The smallest absolute Gasteiger partial charge is 0.324 e. The molecule has 2 aliphatic rings. The predicted octanol–water partition coefficient (Wildman–Crippen LogP) is 1.80. The van der Waals surface area contributed by atoms with Crippen molar-refractivity contribution in [1.29, 1.82) is 0 Å². The van der Waals surface area contributed by atoms with Crippen LogP contribution in [0.1, 0.15) is 36.1 Å². The largest absolute Gasteiger partial charge is 0.465 e. The van der Waals surface area contributed by atoms with Crippen LogP contribution in [0.2, 0.25) is 0 Å². The topological polar surface area (TPSA) is 52.6 Å². The fourth-order valence-electron chi connectivity index (χ4n) is 3.01. The fourth-order valence-corrected chi connectivity index (χ4v) is 3.01. The molecule has 0 unspecified atom stereocenters. The Balaban J connectivity index is 1.93. The monoisotopic (exact) mass is 274 g/mol. The molecule has 0 amide bonds. The van der Waals surface area contributed by atoms with Crippen LogP contribution in [-0.2, 0) is 38.3 Å². The Labute approximate surface area is 118 Å². The third kappa shape index (κ3) is 1.90. The third-order valence-corrected chi connectivity index (χ3v) is 4.09. The highest BCUT2D eigenvalue weighted by molar-refractivity contribution is 6.01. The van der Waals surface area contributed by atoms with Crippen LogP contribution in [0.5, 0.6) is 0 Å². The third-order valence-electron chi connectivity index (χ3n) is 4.09. The van der Waals surface area contributed by atoms with E-state index in [0.29, 0.717) is 12.8 Å². The first-order valence-corrected chi connectivity index (χ1v) is 7.08. The van der Waals surface area contributed by atoms with Gasteiger partial charge in [-0.1, -0.05) is 12.1 Å². The molecular formula is C16H18O4. The SMILES string of the molecule is CCOC(=O)C1(C(=O)OCC)Cc2cc3c(cc2C1)C3. The number of carbonyl (C=O) groups excluding carboxylic acids is 2. The van der Waals surface area contributed by atoms with Crippen molar-refractivity contribution in [2.45, 2.75) is 33.1 Å². The van der Waals surface area contributed by atoms with Gasteiger partial charge in [0.1, 0.15) is 0 Å². The summed E-state index contributed by atoms with van der Waals surface area (Å²) in [5.74, 6) is -0.920. The van der Waals surface area contributed by atoms with E-state index in [1.807, 2.05) is 0 Å². The van der Waals surface area contributed by atoms with Gasteiger partial charge in [-0.25, -0.2) is 0 Å². The summed E-state index contributed by atoms with van der Waals surface area (Å²) >= 11 is 0. The summed E-state index contributed by atoms with van der Waals surface area (Å²) in [4.78, 5) is 24.7. The minimum absolute atomic E-state index is 0.271. The normalized spacial score (nSPS) is 17.1. The van der Waals surface area contributed by atoms with Crippen LogP contribution >= 0.6 is 0 Å². The van der Waals surface area contributed by atoms with E-state index >= 15 is 0 Å². The molecule has 4 nitrogen and oxygen atoms in total. The first-order chi connectivity index (χ1) is 9.60. The second kappa shape index (κ2) is 4.62. The van der Waals surface area contributed by atoms with Crippen molar-refractivity contribution >= 4 is 11.9 Å². The van der Waals surface area contributed by atoms with Crippen LogP contribution in [0.4, 0.5) is 0 Å². The van der Waals surface area contributed by atoms with Gasteiger partial charge in [0.2, 0.25) is 0 Å². The Kier molecular flexibility index (Phi) is 3.04. The lowest BCUT2D eigenvalue weighted by atomic mass is 9.84. The number of esters is 2. The molecular weight excluding hydrogens is 256 g/mol. The minimum atomic E-state index is -1.18. The van der Waals surface area contributed by atoms with Gasteiger partial charge >= 0.3 is 11.9 Å². The van der Waals surface area contributed by atoms with E-state index in [1.165, 1.54) is 11.1 Å². The Morgan fingerprint density at radius 1 is 0.950 bits per heavy atom. The molecule has 0 bridgehead atoms. The van der Waals surface area contributed by atoms with Crippen molar-refractivity contribution in [2.75, 3.05) is 13.2 Å². The molecule has 0 atom stereocenters. The molecule has 0 saturated carbocycles. The Hall–Kier alpha value is -1.84. The summed E-state index contributed by atoms with van der Waals surface area (Å²) in [6.45, 7) is 4.04. The van der Waals surface area contributed by atoms with Crippen LogP contribution < -0.4 is 0 Å². The molecule has 0 radical (unpaired) electrons. The molecule has 1 aromatic rings. The molecule has 20 heavy (non-hydrogen) atoms. The Morgan fingerprint density at radius 3 is 1.80 bits per heavy atom. The van der Waals surface area contributed by atoms with Gasteiger partial charge in [-0.15, -0.1) is 0 Å². The molecule has 0 aromatic heterocycles. The number of fused-ring (bicyclic) bond motifs is 2. The summed E-state index contributed by atoms with van der Waals surface area (Å²) in [5.41, 5.74) is 3.64. The summed E-state index contributed by atoms with van der Waals surface area (Å²) in [5, 5.41) is 0. The van der Waals surface area contributed by atoms with Gasteiger partial charge in [-0.2, -0.15) is 0 Å². The van der Waals surface area contributed by atoms with Gasteiger partial charge in [0.05, 0.1) is 13.2 Å². The number of ether oxygens (including phenoxy) is 2. The standard InChI is InChI=1S/C16H18O4/c1-3-19-14(17)16(15(18)20-4-2)8-12-6-10-5-11(10)7-13(12)9-16/h6-7H,3-5,8-9H2,1-2H3. The second-order valence-electron chi connectivity index (χ2n) is 5.44. The van der Waals surface area contributed by atoms with Crippen LogP contribution in [-0.4, -0.2) is 25.2 Å². The molecule has 1 aromatic carbocycles. The van der Waals surface area contributed by atoms with Crippen molar-refractivity contribution in [3.63, 3.8) is 0 Å². The van der Waals surface area contributed by atoms with Crippen molar-refractivity contribution in [2.24, 2.45) is 5.41 Å². The van der Waals surface area contributed by atoms with Gasteiger partial charge < -0.3 is 9.47 Å². The van der Waals surface area contributed by atoms with Crippen LogP contribution in [0.25, 0.3) is 0 Å². The van der Waals surface area contributed by atoms with Crippen molar-refractivity contribution < 1.29 is 19.1 Å². The summed E-state index contributed by atoms with van der Waals surface area (Å²) in [6.07, 6.45) is 1.83. The van der Waals surface area contributed by atoms with E-state index in [4.69, 9.17) is 9.47 Å². The zero-order valence-corrected chi connectivity index (χ0v) is 11.8. The van der Waals surface area contributed by atoms with Gasteiger partial charge in [-0.05, 0) is 55.4 Å². The number of hydrogen-bond acceptors (Lipinski definition) is 4. The quantitative estimate of drug-likeness (QED) is 0.630. The molecule has 106 valence electrons. The molecule has 0 N–H and O–H groups in total. The number of rotatable bonds is 4. The number of hydrogen-bond donors (Lipinski definition) is 0. The molecule has 0 heterocycles. The lowest BCUT2D eigenvalue weighted by Gasteiger charge is -2.24. The van der Waals surface area contributed by atoms with Gasteiger partial charge in [0, 0.05) is 0 Å². The summed E-state index contributed by atoms with van der Waals surface area (Å²) in [6, 6.07) is 4.23. The number of benzene rings is 1. The molecule has 4 heteroatoms. The Bertz CT molecular complexity index is 537. The highest BCUT2D eigenvalue weighted by atomic mass is 16.6. The molecule has 0 fully saturated rings. The van der Waals surface area contributed by atoms with Gasteiger partial charge in [0.25, 0.3) is 0 Å². The highest BCUT2D eigenvalue weighted by Gasteiger charge is 2.53. The molecule has 0 aliphatic heterocycles. The highest BCUT2D eigenvalue weighted by Crippen LogP contribution is 2.43. The lowest BCUT2D eigenvalue weighted by Crippen LogP contribution is -2.43. The summed E-state index contributed by atoms with van der Waals surface area (Å²) in [7, 11) is 0. The zero-order valence-electron chi connectivity index (χ0n) is 11.8. The van der Waals surface area contributed by atoms with E-state index in [0.717, 1.165) is 17.5 Å². The first-order valence-electron chi connectivity index (χ1n) is 7.08. The van der Waals surface area contributed by atoms with Gasteiger partial charge in [-0.3, -0.25) is 9.59 Å². The van der Waals surface area contributed by atoms with Crippen LogP contribution in [0.3, 0.4) is 0 Å². The van der Waals surface area contributed by atoms with Gasteiger partial charge in [0.15, 0.2) is 5.41 Å². The van der Waals surface area contributed by atoms with Crippen molar-refractivity contribution in [3.05, 3.63) is 34.4 Å². The van der Waals surface area contributed by atoms with E-state index in [-0.39, 0.29) is 13.2 Å². The molecule has 0 spiro atoms. The summed E-state index contributed by atoms with van der Waals surface area (Å²) < 4.78 is 10.3. The van der Waals surface area contributed by atoms with Crippen molar-refractivity contribution in [1.82, 2.24) is 0 Å². The fraction of sp³-hybridized carbons (Fsp3) is 0.500. The molecule has 0 saturated heterocycles. The first kappa shape index (κ1) is 13.2. The van der Waals surface area contributed by atoms with Crippen molar-refractivity contribution in [3.8, 4) is 0 Å². The Morgan fingerprint density at radius 2 is 1.40 bits per heavy atom. The zero-order chi connectivity index (χ0) is 14.3. The minimum Gasteiger partial charge on any atom is -0.465 e.